The van der Waals surface area contributed by atoms with Crippen molar-refractivity contribution < 1.29 is 4.92 Å². The molecule has 0 aliphatic carbocycles. The van der Waals surface area contributed by atoms with Crippen LogP contribution in [0.1, 0.15) is 26.5 Å². The monoisotopic (exact) mass is 301 g/mol. The maximum absolute atomic E-state index is 10.6. The second-order valence-electron chi connectivity index (χ2n) is 5.06. The van der Waals surface area contributed by atoms with Gasteiger partial charge in [0.1, 0.15) is 6.20 Å². The van der Waals surface area contributed by atoms with Gasteiger partial charge < -0.3 is 5.73 Å². The fourth-order valence-corrected chi connectivity index (χ4v) is 1.72. The number of aromatic nitrogens is 1. The molecule has 17 heavy (non-hydrogen) atoms. The second kappa shape index (κ2) is 5.10. The molecule has 0 aliphatic rings. The lowest BCUT2D eigenvalue weighted by Crippen LogP contribution is -2.37. The fraction of sp³-hybridized carbons (Fsp3) is 0.545. The summed E-state index contributed by atoms with van der Waals surface area (Å²) in [5, 5.41) is 10.6. The molecule has 1 aromatic rings. The highest BCUT2D eigenvalue weighted by atomic mass is 79.9. The van der Waals surface area contributed by atoms with Crippen LogP contribution in [-0.4, -0.2) is 15.9 Å². The molecule has 94 valence electrons. The zero-order valence-electron chi connectivity index (χ0n) is 10.1. The second-order valence-corrected chi connectivity index (χ2v) is 5.91. The van der Waals surface area contributed by atoms with Crippen LogP contribution in [0.4, 0.5) is 5.69 Å². The Morgan fingerprint density at radius 3 is 2.59 bits per heavy atom. The van der Waals surface area contributed by atoms with E-state index >= 15 is 0 Å². The zero-order chi connectivity index (χ0) is 13.2. The van der Waals surface area contributed by atoms with E-state index in [1.165, 1.54) is 12.3 Å². The molecular formula is C11H16BrN3O2. The number of hydrogen-bond donors (Lipinski definition) is 1. The molecule has 0 bridgehead atoms. The fourth-order valence-electron chi connectivity index (χ4n) is 1.22. The van der Waals surface area contributed by atoms with Crippen LogP contribution in [0.5, 0.6) is 0 Å². The summed E-state index contributed by atoms with van der Waals surface area (Å²) in [5.41, 5.74) is 6.75. The Morgan fingerprint density at radius 1 is 1.59 bits per heavy atom. The van der Waals surface area contributed by atoms with Crippen molar-refractivity contribution in [2.75, 3.05) is 0 Å². The average Bonchev–Trinajstić information content (AvgIpc) is 2.19. The lowest BCUT2D eigenvalue weighted by Gasteiger charge is -2.26. The molecule has 0 saturated carbocycles. The highest BCUT2D eigenvalue weighted by molar-refractivity contribution is 9.10. The molecule has 0 radical (unpaired) electrons. The normalized spacial score (nSPS) is 13.5. The first kappa shape index (κ1) is 14.1. The predicted octanol–water partition coefficient (Wildman–Crippen LogP) is 2.67. The first-order chi connectivity index (χ1) is 7.71. The Labute approximate surface area is 109 Å². The smallest absolute Gasteiger partial charge is 0.288 e. The van der Waals surface area contributed by atoms with Crippen LogP contribution in [0.2, 0.25) is 0 Å². The summed E-state index contributed by atoms with van der Waals surface area (Å²) in [6.07, 6.45) is 1.84. The third-order valence-corrected chi connectivity index (χ3v) is 3.33. The van der Waals surface area contributed by atoms with E-state index in [4.69, 9.17) is 5.73 Å². The highest BCUT2D eigenvalue weighted by Gasteiger charge is 2.22. The van der Waals surface area contributed by atoms with Crippen molar-refractivity contribution in [1.29, 1.82) is 0 Å². The van der Waals surface area contributed by atoms with Crippen molar-refractivity contribution in [1.82, 2.24) is 4.98 Å². The van der Waals surface area contributed by atoms with Gasteiger partial charge in [-0.05, 0) is 21.3 Å². The topological polar surface area (TPSA) is 82.0 Å². The standard InChI is InChI=1S/C11H16BrN3O2/c1-11(2,3)10(13)5-9-8(12)4-7(6-14-9)15(16)17/h4,6,10H,5,13H2,1-3H3. The van der Waals surface area contributed by atoms with E-state index in [1.54, 1.807) is 0 Å². The molecular weight excluding hydrogens is 286 g/mol. The summed E-state index contributed by atoms with van der Waals surface area (Å²) < 4.78 is 0.631. The predicted molar refractivity (Wildman–Crippen MR) is 69.7 cm³/mol. The van der Waals surface area contributed by atoms with Crippen molar-refractivity contribution in [2.45, 2.75) is 33.2 Å². The van der Waals surface area contributed by atoms with Gasteiger partial charge in [0.25, 0.3) is 5.69 Å². The number of pyridine rings is 1. The number of nitro groups is 1. The minimum Gasteiger partial charge on any atom is -0.327 e. The molecule has 0 aliphatic heterocycles. The van der Waals surface area contributed by atoms with E-state index < -0.39 is 4.92 Å². The summed E-state index contributed by atoms with van der Waals surface area (Å²) in [6, 6.07) is 1.41. The number of rotatable bonds is 3. The van der Waals surface area contributed by atoms with Crippen LogP contribution in [-0.2, 0) is 6.42 Å². The largest absolute Gasteiger partial charge is 0.327 e. The molecule has 6 heteroatoms. The number of halogens is 1. The van der Waals surface area contributed by atoms with Crippen molar-refractivity contribution in [3.63, 3.8) is 0 Å². The molecule has 1 heterocycles. The molecule has 0 aromatic carbocycles. The third-order valence-electron chi connectivity index (χ3n) is 2.64. The lowest BCUT2D eigenvalue weighted by atomic mass is 9.85. The van der Waals surface area contributed by atoms with Gasteiger partial charge in [0.2, 0.25) is 0 Å². The van der Waals surface area contributed by atoms with Gasteiger partial charge in [-0.2, -0.15) is 0 Å². The third kappa shape index (κ3) is 3.74. The summed E-state index contributed by atoms with van der Waals surface area (Å²) in [4.78, 5) is 14.2. The van der Waals surface area contributed by atoms with Gasteiger partial charge >= 0.3 is 0 Å². The molecule has 2 N–H and O–H groups in total. The minimum atomic E-state index is -0.467. The Hall–Kier alpha value is -1.01. The maximum Gasteiger partial charge on any atom is 0.288 e. The molecule has 1 aromatic heterocycles. The number of hydrogen-bond acceptors (Lipinski definition) is 4. The van der Waals surface area contributed by atoms with E-state index in [0.717, 1.165) is 5.69 Å². The van der Waals surface area contributed by atoms with Gasteiger partial charge in [0.05, 0.1) is 10.6 Å². The lowest BCUT2D eigenvalue weighted by molar-refractivity contribution is -0.385. The van der Waals surface area contributed by atoms with Gasteiger partial charge in [0, 0.05) is 23.0 Å². The van der Waals surface area contributed by atoms with Gasteiger partial charge in [-0.1, -0.05) is 20.8 Å². The van der Waals surface area contributed by atoms with E-state index in [1.807, 2.05) is 0 Å². The van der Waals surface area contributed by atoms with Gasteiger partial charge in [-0.25, -0.2) is 0 Å². The summed E-state index contributed by atoms with van der Waals surface area (Å²) in [7, 11) is 0. The van der Waals surface area contributed by atoms with E-state index in [-0.39, 0.29) is 17.1 Å². The van der Waals surface area contributed by atoms with Crippen molar-refractivity contribution in [3.05, 3.63) is 32.5 Å². The van der Waals surface area contributed by atoms with Gasteiger partial charge in [-0.3, -0.25) is 15.1 Å². The van der Waals surface area contributed by atoms with Crippen LogP contribution < -0.4 is 5.73 Å². The first-order valence-corrected chi connectivity index (χ1v) is 6.05. The Kier molecular flexibility index (Phi) is 4.21. The van der Waals surface area contributed by atoms with Gasteiger partial charge in [0.15, 0.2) is 0 Å². The van der Waals surface area contributed by atoms with Crippen LogP contribution in [0, 0.1) is 15.5 Å². The molecule has 0 fully saturated rings. The van der Waals surface area contributed by atoms with E-state index in [9.17, 15) is 10.1 Å². The van der Waals surface area contributed by atoms with Crippen molar-refractivity contribution in [3.8, 4) is 0 Å². The Balaban J connectivity index is 2.90. The Bertz CT molecular complexity index is 429. The molecule has 5 nitrogen and oxygen atoms in total. The number of nitrogens with zero attached hydrogens (tertiary/aromatic N) is 2. The van der Waals surface area contributed by atoms with Crippen molar-refractivity contribution >= 4 is 21.6 Å². The summed E-state index contributed by atoms with van der Waals surface area (Å²) in [5.74, 6) is 0. The minimum absolute atomic E-state index is 0.0232. The summed E-state index contributed by atoms with van der Waals surface area (Å²) >= 11 is 3.29. The summed E-state index contributed by atoms with van der Waals surface area (Å²) in [6.45, 7) is 6.16. The first-order valence-electron chi connectivity index (χ1n) is 5.26. The molecule has 0 amide bonds. The molecule has 1 rings (SSSR count). The highest BCUT2D eigenvalue weighted by Crippen LogP contribution is 2.25. The maximum atomic E-state index is 10.6. The molecule has 0 saturated heterocycles. The molecule has 0 spiro atoms. The van der Waals surface area contributed by atoms with Crippen LogP contribution >= 0.6 is 15.9 Å². The van der Waals surface area contributed by atoms with Crippen molar-refractivity contribution in [2.24, 2.45) is 11.1 Å². The van der Waals surface area contributed by atoms with Crippen LogP contribution in [0.25, 0.3) is 0 Å². The van der Waals surface area contributed by atoms with Crippen LogP contribution in [0.3, 0.4) is 0 Å². The van der Waals surface area contributed by atoms with Gasteiger partial charge in [-0.15, -0.1) is 0 Å². The molecule has 1 unspecified atom stereocenters. The zero-order valence-corrected chi connectivity index (χ0v) is 11.7. The van der Waals surface area contributed by atoms with E-state index in [0.29, 0.717) is 10.9 Å². The SMILES string of the molecule is CC(C)(C)C(N)Cc1ncc([N+](=O)[O-])cc1Br. The number of nitrogens with two attached hydrogens (primary N) is 1. The Morgan fingerprint density at radius 2 is 2.18 bits per heavy atom. The van der Waals surface area contributed by atoms with Crippen LogP contribution in [0.15, 0.2) is 16.7 Å². The average molecular weight is 302 g/mol. The quantitative estimate of drug-likeness (QED) is 0.687. The van der Waals surface area contributed by atoms with E-state index in [2.05, 4.69) is 41.7 Å². The molecule has 1 atom stereocenters.